The summed E-state index contributed by atoms with van der Waals surface area (Å²) in [5, 5.41) is 8.89. The molecule has 1 aromatic carbocycles. The molecule has 0 saturated carbocycles. The molecule has 0 bridgehead atoms. The van der Waals surface area contributed by atoms with Crippen molar-refractivity contribution < 1.29 is 0 Å². The maximum absolute atomic E-state index is 5.19. The lowest BCUT2D eigenvalue weighted by Gasteiger charge is -2.29. The van der Waals surface area contributed by atoms with E-state index in [2.05, 4.69) is 54.0 Å². The van der Waals surface area contributed by atoms with Crippen LogP contribution in [-0.2, 0) is 6.42 Å². The Morgan fingerprint density at radius 3 is 2.88 bits per heavy atom. The summed E-state index contributed by atoms with van der Waals surface area (Å²) in [4.78, 5) is 2.46. The minimum absolute atomic E-state index is 0.568. The molecule has 1 atom stereocenters. The fourth-order valence-corrected chi connectivity index (χ4v) is 4.39. The van der Waals surface area contributed by atoms with Crippen LogP contribution in [0.15, 0.2) is 18.2 Å². The van der Waals surface area contributed by atoms with Crippen LogP contribution < -0.4 is 5.32 Å². The first kappa shape index (κ1) is 16.6. The lowest BCUT2D eigenvalue weighted by molar-refractivity contribution is 0.247. The van der Waals surface area contributed by atoms with E-state index in [1.807, 2.05) is 0 Å². The van der Waals surface area contributed by atoms with Gasteiger partial charge in [-0.2, -0.15) is 5.10 Å². The molecule has 25 heavy (non-hydrogen) atoms. The number of aromatic nitrogens is 2. The number of benzene rings is 1. The second-order valence-corrected chi connectivity index (χ2v) is 7.83. The standard InChI is InChI=1S/C21H30N4/c1-15-8-6-11-19(16(15)2)25-21-18(10-4-5-12-22-21)20(23-25)17-9-7-13-24(3)14-17/h6,8,11,17,22H,4-5,7,9-10,12-14H2,1-3H3. The Balaban J connectivity index is 1.83. The molecule has 1 aromatic heterocycles. The molecule has 1 unspecified atom stereocenters. The van der Waals surface area contributed by atoms with E-state index in [-0.39, 0.29) is 0 Å². The van der Waals surface area contributed by atoms with Crippen molar-refractivity contribution in [2.24, 2.45) is 0 Å². The normalized spacial score (nSPS) is 21.5. The molecular formula is C21H30N4. The minimum Gasteiger partial charge on any atom is -0.370 e. The third kappa shape index (κ3) is 3.08. The summed E-state index contributed by atoms with van der Waals surface area (Å²) in [5.74, 6) is 1.81. The molecule has 2 aliphatic rings. The van der Waals surface area contributed by atoms with Gasteiger partial charge in [-0.15, -0.1) is 0 Å². The Morgan fingerprint density at radius 1 is 1.16 bits per heavy atom. The summed E-state index contributed by atoms with van der Waals surface area (Å²) in [6.07, 6.45) is 6.20. The summed E-state index contributed by atoms with van der Waals surface area (Å²) >= 11 is 0. The van der Waals surface area contributed by atoms with Gasteiger partial charge in [0.1, 0.15) is 5.82 Å². The zero-order valence-electron chi connectivity index (χ0n) is 15.8. The Bertz CT molecular complexity index is 761. The average molecular weight is 338 g/mol. The van der Waals surface area contributed by atoms with Crippen LogP contribution in [0.5, 0.6) is 0 Å². The molecule has 2 aliphatic heterocycles. The lowest BCUT2D eigenvalue weighted by Crippen LogP contribution is -2.31. The minimum atomic E-state index is 0.568. The van der Waals surface area contributed by atoms with Crippen molar-refractivity contribution in [1.29, 1.82) is 0 Å². The molecule has 1 fully saturated rings. The van der Waals surface area contributed by atoms with Gasteiger partial charge in [-0.05, 0) is 76.7 Å². The van der Waals surface area contributed by atoms with Crippen LogP contribution in [0.2, 0.25) is 0 Å². The lowest BCUT2D eigenvalue weighted by atomic mass is 9.91. The summed E-state index contributed by atoms with van der Waals surface area (Å²) in [7, 11) is 2.24. The summed E-state index contributed by atoms with van der Waals surface area (Å²) in [6.45, 7) is 7.80. The van der Waals surface area contributed by atoms with Crippen LogP contribution >= 0.6 is 0 Å². The maximum Gasteiger partial charge on any atom is 0.133 e. The molecule has 134 valence electrons. The van der Waals surface area contributed by atoms with E-state index in [1.165, 1.54) is 66.1 Å². The number of hydrogen-bond acceptors (Lipinski definition) is 3. The third-order valence-corrected chi connectivity index (χ3v) is 5.98. The maximum atomic E-state index is 5.19. The molecule has 3 heterocycles. The monoisotopic (exact) mass is 338 g/mol. The largest absolute Gasteiger partial charge is 0.370 e. The second kappa shape index (κ2) is 6.83. The topological polar surface area (TPSA) is 33.1 Å². The Morgan fingerprint density at radius 2 is 2.04 bits per heavy atom. The van der Waals surface area contributed by atoms with Crippen LogP contribution in [-0.4, -0.2) is 41.4 Å². The molecule has 4 nitrogen and oxygen atoms in total. The third-order valence-electron chi connectivity index (χ3n) is 5.98. The summed E-state index contributed by atoms with van der Waals surface area (Å²) in [5.41, 5.74) is 6.69. The number of anilines is 1. The van der Waals surface area contributed by atoms with E-state index in [1.54, 1.807) is 0 Å². The van der Waals surface area contributed by atoms with Gasteiger partial charge < -0.3 is 10.2 Å². The number of nitrogens with one attached hydrogen (secondary N) is 1. The Kier molecular flexibility index (Phi) is 4.55. The van der Waals surface area contributed by atoms with Crippen molar-refractivity contribution in [2.45, 2.75) is 51.9 Å². The molecule has 2 aromatic rings. The molecule has 4 heteroatoms. The zero-order valence-corrected chi connectivity index (χ0v) is 15.8. The molecule has 4 rings (SSSR count). The smallest absolute Gasteiger partial charge is 0.133 e. The van der Waals surface area contributed by atoms with Gasteiger partial charge in [0.15, 0.2) is 0 Å². The van der Waals surface area contributed by atoms with Gasteiger partial charge in [-0.25, -0.2) is 4.68 Å². The van der Waals surface area contributed by atoms with Gasteiger partial charge in [0.25, 0.3) is 0 Å². The fourth-order valence-electron chi connectivity index (χ4n) is 4.39. The molecule has 1 N–H and O–H groups in total. The van der Waals surface area contributed by atoms with Crippen LogP contribution in [0.25, 0.3) is 5.69 Å². The van der Waals surface area contributed by atoms with Gasteiger partial charge >= 0.3 is 0 Å². The number of likely N-dealkylation sites (tertiary alicyclic amines) is 1. The van der Waals surface area contributed by atoms with E-state index in [0.29, 0.717) is 5.92 Å². The first-order valence-electron chi connectivity index (χ1n) is 9.76. The van der Waals surface area contributed by atoms with E-state index in [9.17, 15) is 0 Å². The zero-order chi connectivity index (χ0) is 17.4. The highest BCUT2D eigenvalue weighted by atomic mass is 15.3. The van der Waals surface area contributed by atoms with Gasteiger partial charge in [-0.1, -0.05) is 12.1 Å². The Labute approximate surface area is 151 Å². The van der Waals surface area contributed by atoms with Crippen molar-refractivity contribution in [3.8, 4) is 5.69 Å². The van der Waals surface area contributed by atoms with Crippen molar-refractivity contribution in [3.63, 3.8) is 0 Å². The van der Waals surface area contributed by atoms with Crippen molar-refractivity contribution in [1.82, 2.24) is 14.7 Å². The van der Waals surface area contributed by atoms with Crippen molar-refractivity contribution in [3.05, 3.63) is 40.6 Å². The predicted molar refractivity (Wildman–Crippen MR) is 104 cm³/mol. The van der Waals surface area contributed by atoms with E-state index < -0.39 is 0 Å². The number of likely N-dealkylation sites (N-methyl/N-ethyl adjacent to an activating group) is 1. The number of fused-ring (bicyclic) bond motifs is 1. The molecule has 0 spiro atoms. The van der Waals surface area contributed by atoms with Crippen LogP contribution in [0.3, 0.4) is 0 Å². The number of piperidine rings is 1. The van der Waals surface area contributed by atoms with Gasteiger partial charge in [0.2, 0.25) is 0 Å². The second-order valence-electron chi connectivity index (χ2n) is 7.83. The highest BCUT2D eigenvalue weighted by molar-refractivity contribution is 5.57. The predicted octanol–water partition coefficient (Wildman–Crippen LogP) is 4.05. The molecular weight excluding hydrogens is 308 g/mol. The highest BCUT2D eigenvalue weighted by Crippen LogP contribution is 2.36. The number of rotatable bonds is 2. The number of nitrogens with zero attached hydrogens (tertiary/aromatic N) is 3. The van der Waals surface area contributed by atoms with Crippen LogP contribution in [0.1, 0.15) is 54.0 Å². The first-order chi connectivity index (χ1) is 12.1. The van der Waals surface area contributed by atoms with Gasteiger partial charge in [0, 0.05) is 24.6 Å². The van der Waals surface area contributed by atoms with Gasteiger partial charge in [0.05, 0.1) is 11.4 Å². The van der Waals surface area contributed by atoms with Crippen molar-refractivity contribution >= 4 is 5.82 Å². The summed E-state index contributed by atoms with van der Waals surface area (Å²) in [6, 6.07) is 6.54. The van der Waals surface area contributed by atoms with E-state index >= 15 is 0 Å². The average Bonchev–Trinajstić information content (AvgIpc) is 2.79. The van der Waals surface area contributed by atoms with E-state index in [0.717, 1.165) is 19.5 Å². The van der Waals surface area contributed by atoms with Gasteiger partial charge in [-0.3, -0.25) is 0 Å². The molecule has 1 saturated heterocycles. The van der Waals surface area contributed by atoms with Crippen LogP contribution in [0, 0.1) is 13.8 Å². The van der Waals surface area contributed by atoms with E-state index in [4.69, 9.17) is 5.10 Å². The summed E-state index contributed by atoms with van der Waals surface area (Å²) < 4.78 is 2.20. The first-order valence-corrected chi connectivity index (χ1v) is 9.76. The van der Waals surface area contributed by atoms with Crippen molar-refractivity contribution in [2.75, 3.05) is 32.0 Å². The fraction of sp³-hybridized carbons (Fsp3) is 0.571. The highest BCUT2D eigenvalue weighted by Gasteiger charge is 2.28. The quantitative estimate of drug-likeness (QED) is 0.897. The molecule has 0 aliphatic carbocycles. The number of hydrogen-bond donors (Lipinski definition) is 1. The number of aryl methyl sites for hydroxylation is 1. The van der Waals surface area contributed by atoms with Crippen LogP contribution in [0.4, 0.5) is 5.82 Å². The SMILES string of the molecule is Cc1cccc(-n2nc(C3CCCN(C)C3)c3c2NCCCC3)c1C. The molecule has 0 radical (unpaired) electrons. The molecule has 0 amide bonds. The Hall–Kier alpha value is -1.81.